The zero-order valence-corrected chi connectivity index (χ0v) is 13.6. The molecular weight excluding hydrogens is 234 g/mol. The zero-order valence-electron chi connectivity index (χ0n) is 13.6. The maximum atomic E-state index is 3.75. The molecule has 0 aliphatic carbocycles. The zero-order chi connectivity index (χ0) is 14.1. The largest absolute Gasteiger partial charge is 0.312 e. The van der Waals surface area contributed by atoms with Crippen LogP contribution >= 0.6 is 0 Å². The molecule has 2 atom stereocenters. The lowest BCUT2D eigenvalue weighted by Gasteiger charge is -2.37. The Balaban J connectivity index is 2.34. The predicted molar refractivity (Wildman–Crippen MR) is 84.7 cm³/mol. The third kappa shape index (κ3) is 6.24. The first-order valence-corrected chi connectivity index (χ1v) is 8.39. The van der Waals surface area contributed by atoms with Gasteiger partial charge in [-0.2, -0.15) is 0 Å². The minimum atomic E-state index is 0.669. The van der Waals surface area contributed by atoms with Crippen LogP contribution in [-0.4, -0.2) is 61.7 Å². The van der Waals surface area contributed by atoms with Crippen LogP contribution in [0.2, 0.25) is 0 Å². The van der Waals surface area contributed by atoms with E-state index in [2.05, 4.69) is 42.8 Å². The average molecular weight is 269 g/mol. The van der Waals surface area contributed by atoms with Gasteiger partial charge in [-0.3, -0.25) is 4.90 Å². The monoisotopic (exact) mass is 269 g/mol. The molecule has 1 saturated heterocycles. The van der Waals surface area contributed by atoms with Gasteiger partial charge in [-0.1, -0.05) is 34.1 Å². The number of piperazine rings is 1. The van der Waals surface area contributed by atoms with Crippen LogP contribution in [0.15, 0.2) is 0 Å². The third-order valence-electron chi connectivity index (χ3n) is 4.45. The van der Waals surface area contributed by atoms with Gasteiger partial charge in [0.05, 0.1) is 0 Å². The minimum absolute atomic E-state index is 0.669. The van der Waals surface area contributed by atoms with Gasteiger partial charge in [0.15, 0.2) is 0 Å². The Hall–Kier alpha value is -0.120. The first kappa shape index (κ1) is 16.9. The molecule has 1 N–H and O–H groups in total. The standard InChI is InChI=1S/C16H35N3/c1-5-8-17-16(15(4)7-3)14-19-12-10-18(9-6-2)11-13-19/h15-17H,5-14H2,1-4H3. The Morgan fingerprint density at radius 3 is 2.11 bits per heavy atom. The van der Waals surface area contributed by atoms with E-state index >= 15 is 0 Å². The van der Waals surface area contributed by atoms with E-state index in [4.69, 9.17) is 0 Å². The van der Waals surface area contributed by atoms with Gasteiger partial charge in [0, 0.05) is 38.8 Å². The molecule has 0 aromatic rings. The van der Waals surface area contributed by atoms with Crippen LogP contribution in [0.25, 0.3) is 0 Å². The van der Waals surface area contributed by atoms with Crippen molar-refractivity contribution in [2.45, 2.75) is 53.0 Å². The summed E-state index contributed by atoms with van der Waals surface area (Å²) in [6.45, 7) is 17.9. The molecule has 19 heavy (non-hydrogen) atoms. The van der Waals surface area contributed by atoms with Crippen LogP contribution in [-0.2, 0) is 0 Å². The van der Waals surface area contributed by atoms with Crippen molar-refractivity contribution in [2.24, 2.45) is 5.92 Å². The Kier molecular flexibility index (Phi) is 8.67. The number of rotatable bonds is 9. The van der Waals surface area contributed by atoms with Gasteiger partial charge in [-0.15, -0.1) is 0 Å². The second kappa shape index (κ2) is 9.73. The summed E-state index contributed by atoms with van der Waals surface area (Å²) >= 11 is 0. The molecule has 1 aliphatic heterocycles. The summed E-state index contributed by atoms with van der Waals surface area (Å²) in [5.74, 6) is 0.778. The van der Waals surface area contributed by atoms with E-state index < -0.39 is 0 Å². The number of nitrogens with one attached hydrogen (secondary N) is 1. The van der Waals surface area contributed by atoms with Crippen molar-refractivity contribution < 1.29 is 0 Å². The number of nitrogens with zero attached hydrogens (tertiary/aromatic N) is 2. The molecular formula is C16H35N3. The van der Waals surface area contributed by atoms with Crippen molar-refractivity contribution in [1.29, 1.82) is 0 Å². The third-order valence-corrected chi connectivity index (χ3v) is 4.45. The predicted octanol–water partition coefficient (Wildman–Crippen LogP) is 2.43. The van der Waals surface area contributed by atoms with E-state index in [1.165, 1.54) is 58.5 Å². The molecule has 0 bridgehead atoms. The van der Waals surface area contributed by atoms with E-state index in [-0.39, 0.29) is 0 Å². The fraction of sp³-hybridized carbons (Fsp3) is 1.00. The van der Waals surface area contributed by atoms with Crippen molar-refractivity contribution in [2.75, 3.05) is 45.8 Å². The molecule has 0 aromatic carbocycles. The van der Waals surface area contributed by atoms with Crippen molar-refractivity contribution in [3.05, 3.63) is 0 Å². The van der Waals surface area contributed by atoms with Crippen LogP contribution in [0.3, 0.4) is 0 Å². The van der Waals surface area contributed by atoms with Crippen LogP contribution in [0.1, 0.15) is 47.0 Å². The Bertz CT molecular complexity index is 212. The second-order valence-corrected chi connectivity index (χ2v) is 6.09. The molecule has 0 aromatic heterocycles. The van der Waals surface area contributed by atoms with Gasteiger partial charge >= 0.3 is 0 Å². The van der Waals surface area contributed by atoms with Crippen molar-refractivity contribution in [3.63, 3.8) is 0 Å². The maximum Gasteiger partial charge on any atom is 0.0220 e. The van der Waals surface area contributed by atoms with E-state index in [1.54, 1.807) is 0 Å². The van der Waals surface area contributed by atoms with Crippen LogP contribution in [0.5, 0.6) is 0 Å². The summed E-state index contributed by atoms with van der Waals surface area (Å²) in [5, 5.41) is 3.75. The van der Waals surface area contributed by atoms with Gasteiger partial charge in [0.1, 0.15) is 0 Å². The number of hydrogen-bond acceptors (Lipinski definition) is 3. The average Bonchev–Trinajstić information content (AvgIpc) is 2.44. The summed E-state index contributed by atoms with van der Waals surface area (Å²) < 4.78 is 0. The topological polar surface area (TPSA) is 18.5 Å². The highest BCUT2D eigenvalue weighted by Gasteiger charge is 2.22. The van der Waals surface area contributed by atoms with Crippen molar-refractivity contribution >= 4 is 0 Å². The first-order valence-electron chi connectivity index (χ1n) is 8.39. The van der Waals surface area contributed by atoms with Crippen molar-refractivity contribution in [3.8, 4) is 0 Å². The van der Waals surface area contributed by atoms with Gasteiger partial charge in [0.2, 0.25) is 0 Å². The SMILES string of the molecule is CCCNC(CN1CCN(CCC)CC1)C(C)CC. The number of hydrogen-bond donors (Lipinski definition) is 1. The Morgan fingerprint density at radius 2 is 1.58 bits per heavy atom. The highest BCUT2D eigenvalue weighted by atomic mass is 15.3. The quantitative estimate of drug-likeness (QED) is 0.693. The molecule has 3 nitrogen and oxygen atoms in total. The summed E-state index contributed by atoms with van der Waals surface area (Å²) in [6.07, 6.45) is 3.79. The van der Waals surface area contributed by atoms with E-state index in [1.807, 2.05) is 0 Å². The molecule has 0 saturated carbocycles. The highest BCUT2D eigenvalue weighted by Crippen LogP contribution is 2.11. The smallest absolute Gasteiger partial charge is 0.0220 e. The van der Waals surface area contributed by atoms with Gasteiger partial charge in [-0.05, 0) is 31.8 Å². The fourth-order valence-corrected chi connectivity index (χ4v) is 2.85. The van der Waals surface area contributed by atoms with Gasteiger partial charge in [-0.25, -0.2) is 0 Å². The molecule has 2 unspecified atom stereocenters. The second-order valence-electron chi connectivity index (χ2n) is 6.09. The normalized spacial score (nSPS) is 21.5. The minimum Gasteiger partial charge on any atom is -0.312 e. The summed E-state index contributed by atoms with van der Waals surface area (Å²) in [5.41, 5.74) is 0. The molecule has 0 amide bonds. The van der Waals surface area contributed by atoms with Crippen LogP contribution in [0.4, 0.5) is 0 Å². The summed E-state index contributed by atoms with van der Waals surface area (Å²) in [4.78, 5) is 5.26. The van der Waals surface area contributed by atoms with Crippen LogP contribution < -0.4 is 5.32 Å². The summed E-state index contributed by atoms with van der Waals surface area (Å²) in [6, 6.07) is 0.669. The van der Waals surface area contributed by atoms with E-state index in [0.717, 1.165) is 12.5 Å². The lowest BCUT2D eigenvalue weighted by Crippen LogP contribution is -2.52. The molecule has 114 valence electrons. The fourth-order valence-electron chi connectivity index (χ4n) is 2.85. The molecule has 1 heterocycles. The highest BCUT2D eigenvalue weighted by molar-refractivity contribution is 4.80. The molecule has 1 rings (SSSR count). The molecule has 0 spiro atoms. The molecule has 1 fully saturated rings. The lowest BCUT2D eigenvalue weighted by atomic mass is 9.98. The van der Waals surface area contributed by atoms with Crippen LogP contribution in [0, 0.1) is 5.92 Å². The van der Waals surface area contributed by atoms with Gasteiger partial charge in [0.25, 0.3) is 0 Å². The van der Waals surface area contributed by atoms with Crippen molar-refractivity contribution in [1.82, 2.24) is 15.1 Å². The first-order chi connectivity index (χ1) is 9.21. The molecule has 0 radical (unpaired) electrons. The van der Waals surface area contributed by atoms with E-state index in [9.17, 15) is 0 Å². The Morgan fingerprint density at radius 1 is 0.947 bits per heavy atom. The Labute approximate surface area is 120 Å². The molecule has 1 aliphatic rings. The van der Waals surface area contributed by atoms with Gasteiger partial charge < -0.3 is 10.2 Å². The lowest BCUT2D eigenvalue weighted by molar-refractivity contribution is 0.114. The molecule has 3 heteroatoms. The maximum absolute atomic E-state index is 3.75. The van der Waals surface area contributed by atoms with E-state index in [0.29, 0.717) is 6.04 Å². The summed E-state index contributed by atoms with van der Waals surface area (Å²) in [7, 11) is 0.